The lowest BCUT2D eigenvalue weighted by Crippen LogP contribution is -2.10. The minimum absolute atomic E-state index is 0.231. The minimum atomic E-state index is -0.339. The number of hydrogen-bond donors (Lipinski definition) is 2. The second-order valence-corrected chi connectivity index (χ2v) is 4.98. The molecule has 0 bridgehead atoms. The van der Waals surface area contributed by atoms with Crippen molar-refractivity contribution in [2.24, 2.45) is 0 Å². The Balaban J connectivity index is 2.19. The van der Waals surface area contributed by atoms with Gasteiger partial charge in [0.15, 0.2) is 5.76 Å². The number of carbonyl (C=O) groups is 2. The number of carbonyl (C=O) groups excluding carboxylic acids is 2. The number of anilines is 1. The number of rotatable bonds is 3. The first-order valence-corrected chi connectivity index (χ1v) is 6.03. The molecule has 2 rings (SSSR count). The van der Waals surface area contributed by atoms with Gasteiger partial charge in [0.1, 0.15) is 0 Å². The second kappa shape index (κ2) is 4.77. The molecule has 0 aliphatic heterocycles. The topological polar surface area (TPSA) is 59.3 Å². The highest BCUT2D eigenvalue weighted by atomic mass is 32.1. The van der Waals surface area contributed by atoms with Crippen LogP contribution in [0, 0.1) is 6.92 Å². The number of aryl methyl sites for hydroxylation is 1. The summed E-state index contributed by atoms with van der Waals surface area (Å²) in [6, 6.07) is 4.82. The molecule has 4 nitrogen and oxygen atoms in total. The van der Waals surface area contributed by atoms with E-state index in [0.29, 0.717) is 10.6 Å². The molecule has 2 aromatic heterocycles. The Morgan fingerprint density at radius 3 is 2.76 bits per heavy atom. The molecule has 0 fully saturated rings. The molecule has 0 spiro atoms. The lowest BCUT2D eigenvalue weighted by atomic mass is 10.3. The van der Waals surface area contributed by atoms with Crippen LogP contribution in [-0.2, 0) is 0 Å². The Morgan fingerprint density at radius 2 is 2.24 bits per heavy atom. The molecule has 1 amide bonds. The van der Waals surface area contributed by atoms with Crippen LogP contribution in [0.2, 0.25) is 0 Å². The van der Waals surface area contributed by atoms with E-state index in [1.807, 2.05) is 6.92 Å². The van der Waals surface area contributed by atoms with Gasteiger partial charge in [0, 0.05) is 4.88 Å². The van der Waals surface area contributed by atoms with Gasteiger partial charge in [0.2, 0.25) is 5.12 Å². The molecule has 0 aliphatic carbocycles. The minimum Gasteiger partial charge on any atom is -0.459 e. The monoisotopic (exact) mass is 267 g/mol. The zero-order valence-electron chi connectivity index (χ0n) is 8.89. The summed E-state index contributed by atoms with van der Waals surface area (Å²) in [6.07, 6.45) is 1.43. The highest BCUT2D eigenvalue weighted by Crippen LogP contribution is 2.27. The van der Waals surface area contributed by atoms with Gasteiger partial charge in [-0.05, 0) is 25.1 Å². The van der Waals surface area contributed by atoms with Crippen molar-refractivity contribution in [2.45, 2.75) is 6.92 Å². The van der Waals surface area contributed by atoms with E-state index in [1.165, 1.54) is 17.6 Å². The van der Waals surface area contributed by atoms with Crippen LogP contribution < -0.4 is 5.32 Å². The molecule has 0 atom stereocenters. The maximum Gasteiger partial charge on any atom is 0.291 e. The molecular weight excluding hydrogens is 258 g/mol. The van der Waals surface area contributed by atoms with Gasteiger partial charge in [-0.3, -0.25) is 9.59 Å². The average molecular weight is 267 g/mol. The van der Waals surface area contributed by atoms with Crippen molar-refractivity contribution in [3.63, 3.8) is 0 Å². The zero-order valence-corrected chi connectivity index (χ0v) is 10.6. The van der Waals surface area contributed by atoms with E-state index < -0.39 is 0 Å². The van der Waals surface area contributed by atoms with Crippen LogP contribution in [0.3, 0.4) is 0 Å². The number of furan rings is 1. The molecule has 0 saturated carbocycles. The molecule has 0 radical (unpaired) electrons. The van der Waals surface area contributed by atoms with E-state index >= 15 is 0 Å². The molecule has 0 aliphatic rings. The first-order valence-electron chi connectivity index (χ1n) is 4.76. The maximum absolute atomic E-state index is 11.7. The summed E-state index contributed by atoms with van der Waals surface area (Å²) in [5.74, 6) is -0.108. The standard InChI is InChI=1S/C11H9NO3S2/c1-6-7(5-9(17-6)11(14)16)12-10(13)8-3-2-4-15-8/h2-5H,1H3,(H,12,13)(H,14,16). The summed E-state index contributed by atoms with van der Waals surface area (Å²) < 4.78 is 4.97. The average Bonchev–Trinajstić information content (AvgIpc) is 2.88. The van der Waals surface area contributed by atoms with Crippen LogP contribution >= 0.6 is 24.0 Å². The number of amides is 1. The second-order valence-electron chi connectivity index (χ2n) is 3.32. The van der Waals surface area contributed by atoms with Gasteiger partial charge in [-0.25, -0.2) is 0 Å². The van der Waals surface area contributed by atoms with Crippen molar-refractivity contribution in [3.8, 4) is 0 Å². The van der Waals surface area contributed by atoms with Crippen molar-refractivity contribution < 1.29 is 14.0 Å². The van der Waals surface area contributed by atoms with Gasteiger partial charge in [0.05, 0.1) is 16.8 Å². The number of thiol groups is 1. The van der Waals surface area contributed by atoms with Gasteiger partial charge in [-0.15, -0.1) is 11.3 Å². The van der Waals surface area contributed by atoms with Crippen LogP contribution in [0.5, 0.6) is 0 Å². The number of hydrogen-bond acceptors (Lipinski definition) is 4. The summed E-state index contributed by atoms with van der Waals surface area (Å²) in [4.78, 5) is 24.1. The summed E-state index contributed by atoms with van der Waals surface area (Å²) in [6.45, 7) is 1.82. The molecule has 88 valence electrons. The lowest BCUT2D eigenvalue weighted by molar-refractivity contribution is 0.0996. The lowest BCUT2D eigenvalue weighted by Gasteiger charge is -2.00. The van der Waals surface area contributed by atoms with Crippen LogP contribution in [0.4, 0.5) is 5.69 Å². The molecule has 17 heavy (non-hydrogen) atoms. The van der Waals surface area contributed by atoms with E-state index in [-0.39, 0.29) is 16.8 Å². The van der Waals surface area contributed by atoms with Gasteiger partial charge in [-0.2, -0.15) is 0 Å². The predicted molar refractivity (Wildman–Crippen MR) is 69.0 cm³/mol. The fraction of sp³-hybridized carbons (Fsp3) is 0.0909. The fourth-order valence-corrected chi connectivity index (χ4v) is 2.32. The van der Waals surface area contributed by atoms with Crippen molar-refractivity contribution in [1.29, 1.82) is 0 Å². The van der Waals surface area contributed by atoms with Gasteiger partial charge >= 0.3 is 0 Å². The van der Waals surface area contributed by atoms with Gasteiger partial charge < -0.3 is 9.73 Å². The Labute approximate surface area is 107 Å². The van der Waals surface area contributed by atoms with E-state index in [4.69, 9.17) is 4.42 Å². The Morgan fingerprint density at radius 1 is 1.47 bits per heavy atom. The predicted octanol–water partition coefficient (Wildman–Crippen LogP) is 2.97. The summed E-state index contributed by atoms with van der Waals surface area (Å²) in [7, 11) is 0. The zero-order chi connectivity index (χ0) is 12.4. The van der Waals surface area contributed by atoms with Crippen LogP contribution in [0.1, 0.15) is 25.1 Å². The molecule has 6 heteroatoms. The van der Waals surface area contributed by atoms with E-state index in [9.17, 15) is 9.59 Å². The molecule has 0 aromatic carbocycles. The van der Waals surface area contributed by atoms with Crippen molar-refractivity contribution in [3.05, 3.63) is 40.0 Å². The highest BCUT2D eigenvalue weighted by Gasteiger charge is 2.14. The van der Waals surface area contributed by atoms with E-state index in [2.05, 4.69) is 17.9 Å². The number of thiophene rings is 1. The molecule has 0 unspecified atom stereocenters. The third-order valence-electron chi connectivity index (χ3n) is 2.12. The normalized spacial score (nSPS) is 10.2. The summed E-state index contributed by atoms with van der Waals surface area (Å²) in [5.41, 5.74) is 0.605. The Hall–Kier alpha value is -1.53. The summed E-state index contributed by atoms with van der Waals surface area (Å²) in [5, 5.41) is 2.37. The molecule has 2 heterocycles. The van der Waals surface area contributed by atoms with E-state index in [0.717, 1.165) is 4.88 Å². The van der Waals surface area contributed by atoms with Crippen molar-refractivity contribution in [1.82, 2.24) is 0 Å². The van der Waals surface area contributed by atoms with Crippen molar-refractivity contribution >= 4 is 40.7 Å². The molecule has 2 aromatic rings. The molecule has 0 saturated heterocycles. The Bertz CT molecular complexity index is 557. The fourth-order valence-electron chi connectivity index (χ4n) is 1.30. The SMILES string of the molecule is Cc1sc(C(=O)S)cc1NC(=O)c1ccco1. The third-order valence-corrected chi connectivity index (χ3v) is 3.56. The smallest absolute Gasteiger partial charge is 0.291 e. The first-order chi connectivity index (χ1) is 8.08. The largest absolute Gasteiger partial charge is 0.459 e. The van der Waals surface area contributed by atoms with Crippen LogP contribution in [0.15, 0.2) is 28.9 Å². The summed E-state index contributed by atoms with van der Waals surface area (Å²) >= 11 is 5.03. The maximum atomic E-state index is 11.7. The van der Waals surface area contributed by atoms with Crippen LogP contribution in [-0.4, -0.2) is 11.0 Å². The quantitative estimate of drug-likeness (QED) is 0.840. The van der Waals surface area contributed by atoms with Crippen LogP contribution in [0.25, 0.3) is 0 Å². The van der Waals surface area contributed by atoms with Crippen molar-refractivity contribution in [2.75, 3.05) is 5.32 Å². The Kier molecular flexibility index (Phi) is 3.35. The highest BCUT2D eigenvalue weighted by molar-refractivity contribution is 7.97. The number of nitrogens with one attached hydrogen (secondary N) is 1. The van der Waals surface area contributed by atoms with Gasteiger partial charge in [0.25, 0.3) is 5.91 Å². The van der Waals surface area contributed by atoms with E-state index in [1.54, 1.807) is 18.2 Å². The third kappa shape index (κ3) is 2.59. The molecule has 1 N–H and O–H groups in total. The van der Waals surface area contributed by atoms with Gasteiger partial charge in [-0.1, -0.05) is 12.6 Å². The molecular formula is C11H9NO3S2. The first kappa shape index (κ1) is 11.9.